The number of likely N-dealkylation sites (N-methyl/N-ethyl adjacent to an activating group) is 1. The van der Waals surface area contributed by atoms with Gasteiger partial charge in [0.1, 0.15) is 11.4 Å². The highest BCUT2D eigenvalue weighted by Gasteiger charge is 2.17. The summed E-state index contributed by atoms with van der Waals surface area (Å²) in [5, 5.41) is 3.39. The van der Waals surface area contributed by atoms with Crippen LogP contribution in [0.3, 0.4) is 0 Å². The van der Waals surface area contributed by atoms with Crippen molar-refractivity contribution in [3.05, 3.63) is 56.4 Å². The van der Waals surface area contributed by atoms with Crippen molar-refractivity contribution in [2.24, 2.45) is 0 Å². The second-order valence-corrected chi connectivity index (χ2v) is 8.46. The van der Waals surface area contributed by atoms with E-state index in [-0.39, 0.29) is 30.5 Å². The quantitative estimate of drug-likeness (QED) is 0.698. The van der Waals surface area contributed by atoms with Gasteiger partial charge in [0.05, 0.1) is 18.3 Å². The fourth-order valence-corrected chi connectivity index (χ4v) is 4.00. The van der Waals surface area contributed by atoms with Crippen LogP contribution in [0.2, 0.25) is 0 Å². The predicted octanol–water partition coefficient (Wildman–Crippen LogP) is 2.79. The summed E-state index contributed by atoms with van der Waals surface area (Å²) in [4.78, 5) is 45.0. The van der Waals surface area contributed by atoms with Crippen LogP contribution in [0.1, 0.15) is 21.6 Å². The van der Waals surface area contributed by atoms with Gasteiger partial charge in [0, 0.05) is 17.6 Å². The van der Waals surface area contributed by atoms with Crippen LogP contribution in [0.25, 0.3) is 10.2 Å². The van der Waals surface area contributed by atoms with E-state index in [1.54, 1.807) is 7.05 Å². The number of benzene rings is 1. The Bertz CT molecular complexity index is 1160. The van der Waals surface area contributed by atoms with Crippen molar-refractivity contribution < 1.29 is 9.59 Å². The largest absolute Gasteiger partial charge is 0.335 e. The molecule has 0 atom stereocenters. The van der Waals surface area contributed by atoms with Crippen LogP contribution in [0, 0.1) is 27.7 Å². The predicted molar refractivity (Wildman–Crippen MR) is 116 cm³/mol. The minimum Gasteiger partial charge on any atom is -0.335 e. The topological polar surface area (TPSA) is 84.3 Å². The minimum atomic E-state index is -0.339. The van der Waals surface area contributed by atoms with Gasteiger partial charge >= 0.3 is 0 Å². The van der Waals surface area contributed by atoms with Crippen LogP contribution in [0.5, 0.6) is 0 Å². The molecule has 0 aliphatic heterocycles. The highest BCUT2D eigenvalue weighted by molar-refractivity contribution is 7.18. The first-order valence-corrected chi connectivity index (χ1v) is 10.0. The van der Waals surface area contributed by atoms with E-state index in [0.717, 1.165) is 27.3 Å². The molecule has 3 aromatic rings. The number of nitrogens with zero attached hydrogens (tertiary/aromatic N) is 3. The number of carbonyl (C=O) groups excluding carboxylic acids is 2. The Kier molecular flexibility index (Phi) is 5.83. The molecule has 152 valence electrons. The molecule has 3 rings (SSSR count). The summed E-state index contributed by atoms with van der Waals surface area (Å²) in [7, 11) is 1.54. The second kappa shape index (κ2) is 8.16. The normalized spacial score (nSPS) is 10.9. The third-order valence-electron chi connectivity index (χ3n) is 4.94. The first-order valence-electron chi connectivity index (χ1n) is 9.23. The highest BCUT2D eigenvalue weighted by Crippen LogP contribution is 2.25. The third-order valence-corrected chi connectivity index (χ3v) is 6.05. The maximum atomic E-state index is 12.7. The van der Waals surface area contributed by atoms with Crippen LogP contribution in [-0.4, -0.2) is 39.9 Å². The van der Waals surface area contributed by atoms with E-state index in [0.29, 0.717) is 10.2 Å². The number of nitrogens with one attached hydrogen (secondary N) is 1. The highest BCUT2D eigenvalue weighted by atomic mass is 32.1. The molecule has 2 aromatic heterocycles. The summed E-state index contributed by atoms with van der Waals surface area (Å²) in [5.74, 6) is -0.631. The van der Waals surface area contributed by atoms with Crippen molar-refractivity contribution in [2.45, 2.75) is 34.2 Å². The van der Waals surface area contributed by atoms with E-state index in [1.807, 2.05) is 45.9 Å². The molecule has 0 aliphatic carbocycles. The zero-order chi connectivity index (χ0) is 21.3. The number of hydrogen-bond donors (Lipinski definition) is 1. The molecule has 7 nitrogen and oxygen atoms in total. The number of thiophene rings is 1. The van der Waals surface area contributed by atoms with Crippen LogP contribution in [0.15, 0.2) is 29.3 Å². The lowest BCUT2D eigenvalue weighted by atomic mass is 10.1. The summed E-state index contributed by atoms with van der Waals surface area (Å²) < 4.78 is 1.29. The van der Waals surface area contributed by atoms with Crippen LogP contribution in [-0.2, 0) is 16.1 Å². The monoisotopic (exact) mass is 412 g/mol. The Balaban J connectivity index is 1.69. The molecule has 0 saturated heterocycles. The Hall–Kier alpha value is -3.00. The standard InChI is InChI=1S/C21H24N4O3S/c1-12-6-7-13(2)16(8-12)23-17(26)9-24(5)18(27)10-25-11-22-20-19(21(25)28)14(3)15(4)29-20/h6-8,11H,9-10H2,1-5H3,(H,23,26). The number of rotatable bonds is 5. The van der Waals surface area contributed by atoms with E-state index in [9.17, 15) is 14.4 Å². The molecular weight excluding hydrogens is 388 g/mol. The van der Waals surface area contributed by atoms with Gasteiger partial charge in [-0.2, -0.15) is 0 Å². The summed E-state index contributed by atoms with van der Waals surface area (Å²) >= 11 is 1.47. The zero-order valence-electron chi connectivity index (χ0n) is 17.2. The molecule has 0 bridgehead atoms. The van der Waals surface area contributed by atoms with Crippen LogP contribution >= 0.6 is 11.3 Å². The lowest BCUT2D eigenvalue weighted by Crippen LogP contribution is -2.38. The molecule has 29 heavy (non-hydrogen) atoms. The SMILES string of the molecule is Cc1ccc(C)c(NC(=O)CN(C)C(=O)Cn2cnc3sc(C)c(C)c3c2=O)c1. The molecule has 1 N–H and O–H groups in total. The van der Waals surface area contributed by atoms with Gasteiger partial charge in [0.2, 0.25) is 11.8 Å². The van der Waals surface area contributed by atoms with Crippen LogP contribution in [0.4, 0.5) is 5.69 Å². The van der Waals surface area contributed by atoms with Gasteiger partial charge < -0.3 is 10.2 Å². The Labute approximate surface area is 173 Å². The fourth-order valence-electron chi connectivity index (χ4n) is 3.01. The van der Waals surface area contributed by atoms with Gasteiger partial charge in [-0.3, -0.25) is 19.0 Å². The smallest absolute Gasteiger partial charge is 0.262 e. The van der Waals surface area contributed by atoms with Gasteiger partial charge in [-0.15, -0.1) is 11.3 Å². The molecule has 0 radical (unpaired) electrons. The Morgan fingerprint density at radius 1 is 1.21 bits per heavy atom. The molecule has 0 unspecified atom stereocenters. The van der Waals surface area contributed by atoms with Gasteiger partial charge in [-0.25, -0.2) is 4.98 Å². The average molecular weight is 413 g/mol. The van der Waals surface area contributed by atoms with Crippen molar-refractivity contribution in [1.29, 1.82) is 0 Å². The first kappa shape index (κ1) is 20.7. The van der Waals surface area contributed by atoms with Gasteiger partial charge in [0.25, 0.3) is 5.56 Å². The second-order valence-electron chi connectivity index (χ2n) is 7.26. The first-order chi connectivity index (χ1) is 13.7. The van der Waals surface area contributed by atoms with E-state index >= 15 is 0 Å². The molecule has 8 heteroatoms. The lowest BCUT2D eigenvalue weighted by Gasteiger charge is -2.18. The number of aromatic nitrogens is 2. The number of carbonyl (C=O) groups is 2. The van der Waals surface area contributed by atoms with Gasteiger partial charge in [-0.1, -0.05) is 12.1 Å². The van der Waals surface area contributed by atoms with Crippen LogP contribution < -0.4 is 10.9 Å². The van der Waals surface area contributed by atoms with Crippen molar-refractivity contribution >= 4 is 39.1 Å². The van der Waals surface area contributed by atoms with Crippen molar-refractivity contribution in [3.63, 3.8) is 0 Å². The molecule has 1 aromatic carbocycles. The summed E-state index contributed by atoms with van der Waals surface area (Å²) in [6, 6.07) is 5.80. The molecule has 0 fully saturated rings. The molecule has 2 heterocycles. The van der Waals surface area contributed by atoms with E-state index in [4.69, 9.17) is 0 Å². The molecular formula is C21H24N4O3S. The van der Waals surface area contributed by atoms with Crippen molar-refractivity contribution in [3.8, 4) is 0 Å². The number of anilines is 1. The zero-order valence-corrected chi connectivity index (χ0v) is 18.0. The Morgan fingerprint density at radius 2 is 1.93 bits per heavy atom. The lowest BCUT2D eigenvalue weighted by molar-refractivity contribution is -0.133. The van der Waals surface area contributed by atoms with E-state index < -0.39 is 0 Å². The number of fused-ring (bicyclic) bond motifs is 1. The fraction of sp³-hybridized carbons (Fsp3) is 0.333. The minimum absolute atomic E-state index is 0.104. The summed E-state index contributed by atoms with van der Waals surface area (Å²) in [6.07, 6.45) is 1.39. The number of amides is 2. The molecule has 0 spiro atoms. The van der Waals surface area contributed by atoms with Gasteiger partial charge in [-0.05, 0) is 50.5 Å². The third kappa shape index (κ3) is 4.37. The number of hydrogen-bond acceptors (Lipinski definition) is 5. The van der Waals surface area contributed by atoms with Crippen molar-refractivity contribution in [2.75, 3.05) is 18.9 Å². The van der Waals surface area contributed by atoms with Crippen molar-refractivity contribution in [1.82, 2.24) is 14.5 Å². The molecule has 0 saturated carbocycles. The van der Waals surface area contributed by atoms with E-state index in [1.165, 1.54) is 27.1 Å². The molecule has 2 amide bonds. The maximum absolute atomic E-state index is 12.7. The Morgan fingerprint density at radius 3 is 2.66 bits per heavy atom. The number of aryl methyl sites for hydroxylation is 4. The average Bonchev–Trinajstić information content (AvgIpc) is 2.95. The maximum Gasteiger partial charge on any atom is 0.262 e. The summed E-state index contributed by atoms with van der Waals surface area (Å²) in [6.45, 7) is 7.42. The van der Waals surface area contributed by atoms with Gasteiger partial charge in [0.15, 0.2) is 0 Å². The van der Waals surface area contributed by atoms with E-state index in [2.05, 4.69) is 10.3 Å². The molecule has 0 aliphatic rings. The summed E-state index contributed by atoms with van der Waals surface area (Å²) in [5.41, 5.74) is 3.37.